The molecule has 8 nitrogen and oxygen atoms in total. The molecule has 26 heavy (non-hydrogen) atoms. The van der Waals surface area contributed by atoms with E-state index in [1.807, 2.05) is 30.3 Å². The molecule has 0 aliphatic carbocycles. The molecule has 0 unspecified atom stereocenters. The molecule has 0 bridgehead atoms. The van der Waals surface area contributed by atoms with Gasteiger partial charge >= 0.3 is 0 Å². The van der Waals surface area contributed by atoms with Crippen molar-refractivity contribution >= 4 is 12.1 Å². The Morgan fingerprint density at radius 1 is 1.27 bits per heavy atom. The van der Waals surface area contributed by atoms with Gasteiger partial charge in [0.1, 0.15) is 18.1 Å². The highest BCUT2D eigenvalue weighted by atomic mass is 16.5. The first kappa shape index (κ1) is 17.2. The molecule has 1 aromatic carbocycles. The maximum atomic E-state index is 11.8. The zero-order valence-electron chi connectivity index (χ0n) is 14.0. The summed E-state index contributed by atoms with van der Waals surface area (Å²) in [5.74, 6) is 0.853. The largest absolute Gasteiger partial charge is 0.496 e. The monoisotopic (exact) mass is 351 g/mol. The number of benzene rings is 1. The summed E-state index contributed by atoms with van der Waals surface area (Å²) in [6.07, 6.45) is 4.70. The van der Waals surface area contributed by atoms with Crippen molar-refractivity contribution in [2.45, 2.75) is 6.61 Å². The lowest BCUT2D eigenvalue weighted by Gasteiger charge is -2.10. The molecule has 0 fully saturated rings. The number of H-pyrrole nitrogens is 1. The van der Waals surface area contributed by atoms with E-state index in [0.717, 1.165) is 11.1 Å². The number of amides is 1. The van der Waals surface area contributed by atoms with Gasteiger partial charge in [0.05, 0.1) is 13.3 Å². The van der Waals surface area contributed by atoms with Gasteiger partial charge in [0, 0.05) is 24.0 Å². The highest BCUT2D eigenvalue weighted by Gasteiger charge is 2.07. The molecule has 0 aliphatic heterocycles. The van der Waals surface area contributed by atoms with Gasteiger partial charge in [0.2, 0.25) is 5.88 Å². The number of methoxy groups -OCH3 is 1. The minimum atomic E-state index is -0.369. The van der Waals surface area contributed by atoms with E-state index in [-0.39, 0.29) is 5.91 Å². The van der Waals surface area contributed by atoms with Gasteiger partial charge in [-0.15, -0.1) is 0 Å². The van der Waals surface area contributed by atoms with Crippen LogP contribution in [0.2, 0.25) is 0 Å². The van der Waals surface area contributed by atoms with Crippen molar-refractivity contribution in [2.75, 3.05) is 7.11 Å². The predicted molar refractivity (Wildman–Crippen MR) is 95.2 cm³/mol. The normalized spacial score (nSPS) is 10.7. The van der Waals surface area contributed by atoms with Crippen LogP contribution in [0.1, 0.15) is 21.6 Å². The molecule has 0 aliphatic rings. The molecule has 2 aromatic heterocycles. The number of hydrogen-bond acceptors (Lipinski definition) is 6. The van der Waals surface area contributed by atoms with Crippen LogP contribution in [-0.4, -0.2) is 34.4 Å². The standard InChI is InChI=1S/C18H17N5O3/c1-25-16-6-5-13(11-21-23-18(24)15-7-9-20-22-15)10-14(16)12-26-17-4-2-3-8-19-17/h2-11H,12H2,1H3,(H,20,22)(H,23,24). The van der Waals surface area contributed by atoms with Crippen molar-refractivity contribution in [1.29, 1.82) is 0 Å². The average molecular weight is 351 g/mol. The van der Waals surface area contributed by atoms with E-state index in [1.165, 1.54) is 12.4 Å². The van der Waals surface area contributed by atoms with Crippen molar-refractivity contribution in [3.63, 3.8) is 0 Å². The number of aromatic nitrogens is 3. The number of pyridine rings is 1. The lowest BCUT2D eigenvalue weighted by Crippen LogP contribution is -2.18. The fourth-order valence-electron chi connectivity index (χ4n) is 2.18. The maximum absolute atomic E-state index is 11.8. The fraction of sp³-hybridized carbons (Fsp3) is 0.111. The third kappa shape index (κ3) is 4.44. The Morgan fingerprint density at radius 3 is 2.92 bits per heavy atom. The molecular weight excluding hydrogens is 334 g/mol. The summed E-state index contributed by atoms with van der Waals surface area (Å²) in [5.41, 5.74) is 4.38. The second kappa shape index (κ2) is 8.43. The van der Waals surface area contributed by atoms with E-state index in [9.17, 15) is 4.79 Å². The third-order valence-corrected chi connectivity index (χ3v) is 3.44. The summed E-state index contributed by atoms with van der Waals surface area (Å²) in [6.45, 7) is 0.294. The fourth-order valence-corrected chi connectivity index (χ4v) is 2.18. The first-order chi connectivity index (χ1) is 12.8. The van der Waals surface area contributed by atoms with E-state index < -0.39 is 0 Å². The Morgan fingerprint density at radius 2 is 2.19 bits per heavy atom. The second-order valence-corrected chi connectivity index (χ2v) is 5.20. The molecular formula is C18H17N5O3. The van der Waals surface area contributed by atoms with Gasteiger partial charge in [-0.25, -0.2) is 10.4 Å². The molecule has 2 heterocycles. The van der Waals surface area contributed by atoms with Crippen molar-refractivity contribution in [1.82, 2.24) is 20.6 Å². The Balaban J connectivity index is 1.66. The summed E-state index contributed by atoms with van der Waals surface area (Å²) < 4.78 is 11.0. The SMILES string of the molecule is COc1ccc(C=NNC(=O)c2ccn[nH]2)cc1COc1ccccn1. The summed E-state index contributed by atoms with van der Waals surface area (Å²) in [7, 11) is 1.60. The second-order valence-electron chi connectivity index (χ2n) is 5.20. The smallest absolute Gasteiger partial charge is 0.289 e. The number of hydrogen-bond donors (Lipinski definition) is 2. The van der Waals surface area contributed by atoms with Gasteiger partial charge in [-0.2, -0.15) is 10.2 Å². The molecule has 0 spiro atoms. The van der Waals surface area contributed by atoms with E-state index in [2.05, 4.69) is 25.7 Å². The van der Waals surface area contributed by atoms with Crippen molar-refractivity contribution in [3.05, 3.63) is 71.7 Å². The van der Waals surface area contributed by atoms with Crippen molar-refractivity contribution in [2.24, 2.45) is 5.10 Å². The molecule has 8 heteroatoms. The van der Waals surface area contributed by atoms with Gasteiger partial charge in [0.25, 0.3) is 5.91 Å². The number of nitrogens with zero attached hydrogens (tertiary/aromatic N) is 3. The average Bonchev–Trinajstić information content (AvgIpc) is 3.22. The highest BCUT2D eigenvalue weighted by Crippen LogP contribution is 2.21. The molecule has 0 atom stereocenters. The lowest BCUT2D eigenvalue weighted by molar-refractivity contribution is 0.0950. The molecule has 2 N–H and O–H groups in total. The summed E-state index contributed by atoms with van der Waals surface area (Å²) in [6, 6.07) is 12.5. The zero-order chi connectivity index (χ0) is 18.2. The van der Waals surface area contributed by atoms with E-state index in [0.29, 0.717) is 23.9 Å². The molecule has 3 aromatic rings. The number of carbonyl (C=O) groups excluding carboxylic acids is 1. The van der Waals surface area contributed by atoms with Crippen molar-refractivity contribution < 1.29 is 14.3 Å². The number of rotatable bonds is 7. The Kier molecular flexibility index (Phi) is 5.56. The Bertz CT molecular complexity index is 879. The minimum Gasteiger partial charge on any atom is -0.496 e. The van der Waals surface area contributed by atoms with Crippen LogP contribution in [0.5, 0.6) is 11.6 Å². The van der Waals surface area contributed by atoms with Crippen LogP contribution in [0.15, 0.2) is 60.0 Å². The quantitative estimate of drug-likeness (QED) is 0.502. The number of ether oxygens (including phenoxy) is 2. The number of nitrogens with one attached hydrogen (secondary N) is 2. The summed E-state index contributed by atoms with van der Waals surface area (Å²) >= 11 is 0. The maximum Gasteiger partial charge on any atom is 0.289 e. The molecule has 0 radical (unpaired) electrons. The van der Waals surface area contributed by atoms with Crippen LogP contribution in [-0.2, 0) is 6.61 Å². The number of aromatic amines is 1. The topological polar surface area (TPSA) is 101 Å². The highest BCUT2D eigenvalue weighted by molar-refractivity contribution is 5.93. The van der Waals surface area contributed by atoms with Gasteiger partial charge in [0.15, 0.2) is 0 Å². The summed E-state index contributed by atoms with van der Waals surface area (Å²) in [4.78, 5) is 15.9. The number of hydrazone groups is 1. The van der Waals surface area contributed by atoms with Crippen LogP contribution in [0.4, 0.5) is 0 Å². The molecule has 3 rings (SSSR count). The molecule has 0 saturated carbocycles. The van der Waals surface area contributed by atoms with Crippen LogP contribution in [0, 0.1) is 0 Å². The van der Waals surface area contributed by atoms with Crippen LogP contribution >= 0.6 is 0 Å². The van der Waals surface area contributed by atoms with E-state index in [1.54, 1.807) is 25.4 Å². The predicted octanol–water partition coefficient (Wildman–Crippen LogP) is 2.16. The third-order valence-electron chi connectivity index (χ3n) is 3.44. The molecule has 0 saturated heterocycles. The molecule has 1 amide bonds. The van der Waals surface area contributed by atoms with E-state index in [4.69, 9.17) is 9.47 Å². The van der Waals surface area contributed by atoms with Gasteiger partial charge < -0.3 is 9.47 Å². The van der Waals surface area contributed by atoms with Crippen LogP contribution < -0.4 is 14.9 Å². The zero-order valence-corrected chi connectivity index (χ0v) is 14.0. The Labute approximate surface area is 149 Å². The van der Waals surface area contributed by atoms with Gasteiger partial charge in [-0.05, 0) is 35.9 Å². The Hall–Kier alpha value is -3.68. The van der Waals surface area contributed by atoms with Crippen LogP contribution in [0.25, 0.3) is 0 Å². The molecule has 132 valence electrons. The van der Waals surface area contributed by atoms with Gasteiger partial charge in [-0.3, -0.25) is 9.89 Å². The first-order valence-electron chi connectivity index (χ1n) is 7.80. The minimum absolute atomic E-state index is 0.294. The van der Waals surface area contributed by atoms with E-state index >= 15 is 0 Å². The number of carbonyl (C=O) groups is 1. The van der Waals surface area contributed by atoms with Crippen LogP contribution in [0.3, 0.4) is 0 Å². The lowest BCUT2D eigenvalue weighted by atomic mass is 10.1. The van der Waals surface area contributed by atoms with Gasteiger partial charge in [-0.1, -0.05) is 6.07 Å². The van der Waals surface area contributed by atoms with Crippen molar-refractivity contribution in [3.8, 4) is 11.6 Å². The first-order valence-corrected chi connectivity index (χ1v) is 7.80. The summed E-state index contributed by atoms with van der Waals surface area (Å²) in [5, 5.41) is 10.2.